The molecule has 0 spiro atoms. The van der Waals surface area contributed by atoms with Crippen molar-refractivity contribution in [3.63, 3.8) is 0 Å². The van der Waals surface area contributed by atoms with E-state index in [0.717, 1.165) is 12.5 Å². The van der Waals surface area contributed by atoms with Crippen LogP contribution in [0.4, 0.5) is 0 Å². The lowest BCUT2D eigenvalue weighted by atomic mass is 9.77. The number of likely N-dealkylation sites (N-methyl/N-ethyl adjacent to an activating group) is 1. The monoisotopic (exact) mass is 209 g/mol. The molecule has 0 aromatic carbocycles. The van der Waals surface area contributed by atoms with Crippen LogP contribution in [0.1, 0.15) is 53.9 Å². The van der Waals surface area contributed by atoms with E-state index in [9.17, 15) is 0 Å². The smallest absolute Gasteiger partial charge is 0.0285 e. The van der Waals surface area contributed by atoms with E-state index in [1.165, 1.54) is 24.8 Å². The molecule has 1 aliphatic carbocycles. The van der Waals surface area contributed by atoms with Gasteiger partial charge in [0.2, 0.25) is 0 Å². The number of rotatable bonds is 4. The van der Waals surface area contributed by atoms with Gasteiger partial charge in [0.25, 0.3) is 0 Å². The maximum absolute atomic E-state index is 3.64. The summed E-state index contributed by atoms with van der Waals surface area (Å²) in [7, 11) is 0. The van der Waals surface area contributed by atoms with Gasteiger partial charge in [-0.05, 0) is 44.6 Å². The fourth-order valence-corrected chi connectivity index (χ4v) is 2.93. The second-order valence-electron chi connectivity index (χ2n) is 5.81. The first-order valence-electron chi connectivity index (χ1n) is 6.36. The number of nitrogens with one attached hydrogen (secondary N) is 1. The SMILES string of the molecule is CCNC(C=C(C)C)C1CCCC1(C)C. The van der Waals surface area contributed by atoms with Crippen molar-refractivity contribution in [1.82, 2.24) is 5.32 Å². The summed E-state index contributed by atoms with van der Waals surface area (Å²) in [5.41, 5.74) is 1.95. The third kappa shape index (κ3) is 3.34. The van der Waals surface area contributed by atoms with Crippen LogP contribution in [0.15, 0.2) is 11.6 Å². The molecule has 0 radical (unpaired) electrons. The Morgan fingerprint density at radius 1 is 1.47 bits per heavy atom. The van der Waals surface area contributed by atoms with Gasteiger partial charge in [-0.1, -0.05) is 38.8 Å². The first kappa shape index (κ1) is 12.8. The van der Waals surface area contributed by atoms with Crippen molar-refractivity contribution < 1.29 is 0 Å². The van der Waals surface area contributed by atoms with Crippen molar-refractivity contribution in [2.24, 2.45) is 11.3 Å². The van der Waals surface area contributed by atoms with Crippen molar-refractivity contribution >= 4 is 0 Å². The molecule has 1 heteroatoms. The first-order valence-corrected chi connectivity index (χ1v) is 6.36. The third-order valence-corrected chi connectivity index (χ3v) is 3.73. The first-order chi connectivity index (χ1) is 6.97. The highest BCUT2D eigenvalue weighted by molar-refractivity contribution is 5.07. The molecule has 0 heterocycles. The van der Waals surface area contributed by atoms with Gasteiger partial charge in [0, 0.05) is 6.04 Å². The molecule has 0 saturated heterocycles. The topological polar surface area (TPSA) is 12.0 Å². The van der Waals surface area contributed by atoms with Gasteiger partial charge >= 0.3 is 0 Å². The Kier molecular flexibility index (Phi) is 4.39. The summed E-state index contributed by atoms with van der Waals surface area (Å²) < 4.78 is 0. The summed E-state index contributed by atoms with van der Waals surface area (Å²) in [5.74, 6) is 0.812. The lowest BCUT2D eigenvalue weighted by Gasteiger charge is -2.33. The molecule has 0 aromatic heterocycles. The van der Waals surface area contributed by atoms with Crippen LogP contribution in [-0.2, 0) is 0 Å². The predicted octanol–water partition coefficient (Wildman–Crippen LogP) is 3.76. The number of hydrogen-bond acceptors (Lipinski definition) is 1. The maximum Gasteiger partial charge on any atom is 0.0285 e. The summed E-state index contributed by atoms with van der Waals surface area (Å²) in [6, 6.07) is 0.581. The molecule has 2 unspecified atom stereocenters. The zero-order valence-electron chi connectivity index (χ0n) is 11.1. The van der Waals surface area contributed by atoms with Crippen LogP contribution in [0.2, 0.25) is 0 Å². The third-order valence-electron chi connectivity index (χ3n) is 3.73. The maximum atomic E-state index is 3.64. The van der Waals surface area contributed by atoms with E-state index < -0.39 is 0 Å². The summed E-state index contributed by atoms with van der Waals surface area (Å²) >= 11 is 0. The summed E-state index contributed by atoms with van der Waals surface area (Å²) in [4.78, 5) is 0. The minimum absolute atomic E-state index is 0.513. The molecular formula is C14H27N. The molecule has 1 nitrogen and oxygen atoms in total. The van der Waals surface area contributed by atoms with Crippen molar-refractivity contribution in [2.75, 3.05) is 6.54 Å². The molecule has 1 N–H and O–H groups in total. The van der Waals surface area contributed by atoms with Gasteiger partial charge in [-0.15, -0.1) is 0 Å². The highest BCUT2D eigenvalue weighted by atomic mass is 14.9. The normalized spacial score (nSPS) is 26.3. The molecule has 0 aromatic rings. The van der Waals surface area contributed by atoms with Gasteiger partial charge in [-0.3, -0.25) is 0 Å². The van der Waals surface area contributed by atoms with E-state index in [1.807, 2.05) is 0 Å². The second-order valence-corrected chi connectivity index (χ2v) is 5.81. The fraction of sp³-hybridized carbons (Fsp3) is 0.857. The van der Waals surface area contributed by atoms with Crippen molar-refractivity contribution in [3.8, 4) is 0 Å². The van der Waals surface area contributed by atoms with Crippen LogP contribution < -0.4 is 5.32 Å². The minimum Gasteiger partial charge on any atom is -0.310 e. The summed E-state index contributed by atoms with van der Waals surface area (Å²) in [5, 5.41) is 3.64. The van der Waals surface area contributed by atoms with Gasteiger partial charge in [-0.2, -0.15) is 0 Å². The van der Waals surface area contributed by atoms with Crippen LogP contribution >= 0.6 is 0 Å². The molecule has 1 fully saturated rings. The average Bonchev–Trinajstić information content (AvgIpc) is 2.43. The zero-order valence-corrected chi connectivity index (χ0v) is 11.1. The van der Waals surface area contributed by atoms with Gasteiger partial charge in [-0.25, -0.2) is 0 Å². The molecule has 88 valence electrons. The molecule has 15 heavy (non-hydrogen) atoms. The van der Waals surface area contributed by atoms with Crippen molar-refractivity contribution in [3.05, 3.63) is 11.6 Å². The van der Waals surface area contributed by atoms with E-state index in [0.29, 0.717) is 11.5 Å². The molecule has 0 aliphatic heterocycles. The van der Waals surface area contributed by atoms with E-state index in [4.69, 9.17) is 0 Å². The van der Waals surface area contributed by atoms with E-state index >= 15 is 0 Å². The summed E-state index contributed by atoms with van der Waals surface area (Å²) in [6.07, 6.45) is 6.59. The van der Waals surface area contributed by atoms with Crippen LogP contribution in [-0.4, -0.2) is 12.6 Å². The average molecular weight is 209 g/mol. The van der Waals surface area contributed by atoms with E-state index in [1.54, 1.807) is 0 Å². The Labute approximate surface area is 95.3 Å². The Hall–Kier alpha value is -0.300. The molecular weight excluding hydrogens is 182 g/mol. The second kappa shape index (κ2) is 5.16. The molecule has 1 rings (SSSR count). The lowest BCUT2D eigenvalue weighted by molar-refractivity contribution is 0.221. The molecule has 1 saturated carbocycles. The van der Waals surface area contributed by atoms with Gasteiger partial charge in [0.15, 0.2) is 0 Å². The molecule has 2 atom stereocenters. The number of hydrogen-bond donors (Lipinski definition) is 1. The highest BCUT2D eigenvalue weighted by Gasteiger charge is 2.38. The Bertz CT molecular complexity index is 223. The van der Waals surface area contributed by atoms with E-state index in [-0.39, 0.29) is 0 Å². The van der Waals surface area contributed by atoms with Crippen LogP contribution in [0.5, 0.6) is 0 Å². The lowest BCUT2D eigenvalue weighted by Crippen LogP contribution is -2.39. The molecule has 0 bridgehead atoms. The minimum atomic E-state index is 0.513. The Morgan fingerprint density at radius 3 is 2.53 bits per heavy atom. The number of allylic oxidation sites excluding steroid dienone is 1. The zero-order chi connectivity index (χ0) is 11.5. The molecule has 0 amide bonds. The van der Waals surface area contributed by atoms with Crippen LogP contribution in [0.3, 0.4) is 0 Å². The van der Waals surface area contributed by atoms with Crippen LogP contribution in [0, 0.1) is 11.3 Å². The Balaban J connectivity index is 2.75. The fourth-order valence-electron chi connectivity index (χ4n) is 2.93. The largest absolute Gasteiger partial charge is 0.310 e. The summed E-state index contributed by atoms with van der Waals surface area (Å²) in [6.45, 7) is 12.5. The predicted molar refractivity (Wildman–Crippen MR) is 68.0 cm³/mol. The van der Waals surface area contributed by atoms with Gasteiger partial charge < -0.3 is 5.32 Å². The van der Waals surface area contributed by atoms with Gasteiger partial charge in [0.05, 0.1) is 0 Å². The van der Waals surface area contributed by atoms with Gasteiger partial charge in [0.1, 0.15) is 0 Å². The Morgan fingerprint density at radius 2 is 2.13 bits per heavy atom. The van der Waals surface area contributed by atoms with Crippen LogP contribution in [0.25, 0.3) is 0 Å². The van der Waals surface area contributed by atoms with Crippen molar-refractivity contribution in [1.29, 1.82) is 0 Å². The molecule has 1 aliphatic rings. The van der Waals surface area contributed by atoms with E-state index in [2.05, 4.69) is 46.0 Å². The van der Waals surface area contributed by atoms with Crippen molar-refractivity contribution in [2.45, 2.75) is 59.9 Å². The quantitative estimate of drug-likeness (QED) is 0.695. The standard InChI is InChI=1S/C14H27N/c1-6-15-13(10-11(2)3)12-8-7-9-14(12,4)5/h10,12-13,15H,6-9H2,1-5H3. The highest BCUT2D eigenvalue weighted by Crippen LogP contribution is 2.44.